The maximum Gasteiger partial charge on any atom is 0.149 e. The highest BCUT2D eigenvalue weighted by Gasteiger charge is 2.15. The van der Waals surface area contributed by atoms with Crippen LogP contribution in [0.4, 0.5) is 10.1 Å². The number of nitrogen functional groups attached to an aromatic ring is 1. The first-order chi connectivity index (χ1) is 8.66. The summed E-state index contributed by atoms with van der Waals surface area (Å²) in [6, 6.07) is 5.79. The molecule has 3 nitrogen and oxygen atoms in total. The Morgan fingerprint density at radius 2 is 2.11 bits per heavy atom. The summed E-state index contributed by atoms with van der Waals surface area (Å²) in [4.78, 5) is 2.34. The van der Waals surface area contributed by atoms with Gasteiger partial charge in [0.2, 0.25) is 0 Å². The molecule has 0 bridgehead atoms. The summed E-state index contributed by atoms with van der Waals surface area (Å²) in [6.07, 6.45) is 3.05. The molecule has 1 aromatic rings. The Labute approximate surface area is 108 Å². The molecule has 1 aliphatic rings. The molecule has 2 rings (SSSR count). The lowest BCUT2D eigenvalue weighted by Crippen LogP contribution is -2.41. The number of piperidine rings is 1. The van der Waals surface area contributed by atoms with Crippen LogP contribution in [0.3, 0.4) is 0 Å². The molecule has 1 aliphatic heterocycles. The molecule has 0 aromatic heterocycles. The average molecular weight is 251 g/mol. The fourth-order valence-corrected chi connectivity index (χ4v) is 2.42. The summed E-state index contributed by atoms with van der Waals surface area (Å²) in [6.45, 7) is 3.10. The lowest BCUT2D eigenvalue weighted by Gasteiger charge is -2.29. The summed E-state index contributed by atoms with van der Waals surface area (Å²) in [7, 11) is 2.15. The van der Waals surface area contributed by atoms with E-state index in [1.165, 1.54) is 12.8 Å². The van der Waals surface area contributed by atoms with Crippen molar-refractivity contribution < 1.29 is 4.39 Å². The number of hydrogen-bond donors (Lipinski definition) is 2. The van der Waals surface area contributed by atoms with Crippen LogP contribution in [-0.2, 0) is 6.42 Å². The van der Waals surface area contributed by atoms with Crippen LogP contribution in [0.1, 0.15) is 18.4 Å². The van der Waals surface area contributed by atoms with Crippen molar-refractivity contribution >= 4 is 5.69 Å². The SMILES string of the molecule is CN1CCC(NCCc2cccc(N)c2F)CC1. The molecule has 1 heterocycles. The second-order valence-electron chi connectivity index (χ2n) is 5.10. The van der Waals surface area contributed by atoms with Gasteiger partial charge in [0.25, 0.3) is 0 Å². The van der Waals surface area contributed by atoms with Crippen molar-refractivity contribution in [3.8, 4) is 0 Å². The van der Waals surface area contributed by atoms with E-state index in [1.54, 1.807) is 6.07 Å². The van der Waals surface area contributed by atoms with Crippen LogP contribution >= 0.6 is 0 Å². The molecule has 18 heavy (non-hydrogen) atoms. The molecule has 0 unspecified atom stereocenters. The molecular formula is C14H22FN3. The van der Waals surface area contributed by atoms with Crippen LogP contribution in [0.25, 0.3) is 0 Å². The average Bonchev–Trinajstić information content (AvgIpc) is 2.37. The van der Waals surface area contributed by atoms with E-state index in [9.17, 15) is 4.39 Å². The third-order valence-corrected chi connectivity index (χ3v) is 3.65. The lowest BCUT2D eigenvalue weighted by atomic mass is 10.0. The number of halogens is 1. The van der Waals surface area contributed by atoms with Gasteiger partial charge in [0, 0.05) is 6.04 Å². The molecule has 1 fully saturated rings. The molecule has 0 amide bonds. The number of hydrogen-bond acceptors (Lipinski definition) is 3. The quantitative estimate of drug-likeness (QED) is 0.799. The summed E-state index contributed by atoms with van der Waals surface area (Å²) in [5, 5.41) is 3.50. The van der Waals surface area contributed by atoms with Gasteiger partial charge in [-0.1, -0.05) is 12.1 Å². The maximum absolute atomic E-state index is 13.7. The standard InChI is InChI=1S/C14H22FN3/c1-18-9-6-12(7-10-18)17-8-5-11-3-2-4-13(16)14(11)15/h2-4,12,17H,5-10,16H2,1H3. The fourth-order valence-electron chi connectivity index (χ4n) is 2.42. The van der Waals surface area contributed by atoms with Crippen molar-refractivity contribution in [2.45, 2.75) is 25.3 Å². The first-order valence-corrected chi connectivity index (χ1v) is 6.61. The number of anilines is 1. The van der Waals surface area contributed by atoms with Gasteiger partial charge in [-0.3, -0.25) is 0 Å². The first-order valence-electron chi connectivity index (χ1n) is 6.61. The van der Waals surface area contributed by atoms with E-state index in [0.29, 0.717) is 18.0 Å². The van der Waals surface area contributed by atoms with Crippen LogP contribution in [0.5, 0.6) is 0 Å². The molecule has 0 radical (unpaired) electrons. The third-order valence-electron chi connectivity index (χ3n) is 3.65. The van der Waals surface area contributed by atoms with Crippen molar-refractivity contribution in [2.75, 3.05) is 32.4 Å². The van der Waals surface area contributed by atoms with E-state index >= 15 is 0 Å². The number of nitrogens with zero attached hydrogens (tertiary/aromatic N) is 1. The van der Waals surface area contributed by atoms with Crippen molar-refractivity contribution in [1.82, 2.24) is 10.2 Å². The zero-order valence-electron chi connectivity index (χ0n) is 11.0. The monoisotopic (exact) mass is 251 g/mol. The van der Waals surface area contributed by atoms with Crippen LogP contribution < -0.4 is 11.1 Å². The van der Waals surface area contributed by atoms with E-state index in [4.69, 9.17) is 5.73 Å². The number of benzene rings is 1. The molecule has 1 saturated heterocycles. The smallest absolute Gasteiger partial charge is 0.149 e. The van der Waals surface area contributed by atoms with E-state index < -0.39 is 0 Å². The van der Waals surface area contributed by atoms with Gasteiger partial charge in [-0.05, 0) is 57.6 Å². The van der Waals surface area contributed by atoms with Gasteiger partial charge in [-0.25, -0.2) is 4.39 Å². The molecule has 0 spiro atoms. The molecular weight excluding hydrogens is 229 g/mol. The van der Waals surface area contributed by atoms with E-state index in [-0.39, 0.29) is 11.5 Å². The van der Waals surface area contributed by atoms with E-state index in [2.05, 4.69) is 17.3 Å². The summed E-state index contributed by atoms with van der Waals surface area (Å²) in [5.41, 5.74) is 6.50. The van der Waals surface area contributed by atoms with E-state index in [1.807, 2.05) is 12.1 Å². The van der Waals surface area contributed by atoms with Gasteiger partial charge < -0.3 is 16.0 Å². The molecule has 100 valence electrons. The number of rotatable bonds is 4. The highest BCUT2D eigenvalue weighted by atomic mass is 19.1. The van der Waals surface area contributed by atoms with Gasteiger partial charge in [-0.2, -0.15) is 0 Å². The summed E-state index contributed by atoms with van der Waals surface area (Å²) < 4.78 is 13.7. The Hall–Kier alpha value is -1.13. The Kier molecular flexibility index (Phi) is 4.55. The van der Waals surface area contributed by atoms with Crippen molar-refractivity contribution in [1.29, 1.82) is 0 Å². The molecule has 0 saturated carbocycles. The van der Waals surface area contributed by atoms with E-state index in [0.717, 1.165) is 19.6 Å². The summed E-state index contributed by atoms with van der Waals surface area (Å²) in [5.74, 6) is -0.261. The van der Waals surface area contributed by atoms with Crippen molar-refractivity contribution in [3.05, 3.63) is 29.6 Å². The molecule has 3 N–H and O–H groups in total. The van der Waals surface area contributed by atoms with Gasteiger partial charge in [0.15, 0.2) is 0 Å². The number of nitrogens with two attached hydrogens (primary N) is 1. The van der Waals surface area contributed by atoms with Crippen molar-refractivity contribution in [2.24, 2.45) is 0 Å². The van der Waals surface area contributed by atoms with Crippen LogP contribution in [0.15, 0.2) is 18.2 Å². The van der Waals surface area contributed by atoms with Crippen LogP contribution in [0.2, 0.25) is 0 Å². The largest absolute Gasteiger partial charge is 0.396 e. The minimum atomic E-state index is -0.261. The maximum atomic E-state index is 13.7. The lowest BCUT2D eigenvalue weighted by molar-refractivity contribution is 0.235. The second-order valence-corrected chi connectivity index (χ2v) is 5.10. The predicted octanol–water partition coefficient (Wildman–Crippen LogP) is 1.63. The molecule has 0 aliphatic carbocycles. The topological polar surface area (TPSA) is 41.3 Å². The second kappa shape index (κ2) is 6.16. The highest BCUT2D eigenvalue weighted by Crippen LogP contribution is 2.15. The zero-order chi connectivity index (χ0) is 13.0. The Balaban J connectivity index is 1.77. The Bertz CT molecular complexity index is 387. The predicted molar refractivity (Wildman–Crippen MR) is 73.0 cm³/mol. The summed E-state index contributed by atoms with van der Waals surface area (Å²) >= 11 is 0. The molecule has 1 aromatic carbocycles. The zero-order valence-corrected chi connectivity index (χ0v) is 11.0. The normalized spacial score (nSPS) is 18.1. The first kappa shape index (κ1) is 13.3. The minimum absolute atomic E-state index is 0.242. The number of nitrogens with one attached hydrogen (secondary N) is 1. The Morgan fingerprint density at radius 1 is 1.39 bits per heavy atom. The minimum Gasteiger partial charge on any atom is -0.396 e. The van der Waals surface area contributed by atoms with Gasteiger partial charge in [-0.15, -0.1) is 0 Å². The number of likely N-dealkylation sites (tertiary alicyclic amines) is 1. The third kappa shape index (κ3) is 3.43. The van der Waals surface area contributed by atoms with Gasteiger partial charge >= 0.3 is 0 Å². The molecule has 0 atom stereocenters. The highest BCUT2D eigenvalue weighted by molar-refractivity contribution is 5.42. The molecule has 4 heteroatoms. The van der Waals surface area contributed by atoms with Crippen LogP contribution in [-0.4, -0.2) is 37.6 Å². The fraction of sp³-hybridized carbons (Fsp3) is 0.571. The Morgan fingerprint density at radius 3 is 2.83 bits per heavy atom. The van der Waals surface area contributed by atoms with Gasteiger partial charge in [0.05, 0.1) is 5.69 Å². The van der Waals surface area contributed by atoms with Crippen molar-refractivity contribution in [3.63, 3.8) is 0 Å². The van der Waals surface area contributed by atoms with Crippen LogP contribution in [0, 0.1) is 5.82 Å². The van der Waals surface area contributed by atoms with Gasteiger partial charge in [0.1, 0.15) is 5.82 Å².